The molecule has 0 bridgehead atoms. The lowest BCUT2D eigenvalue weighted by Crippen LogP contribution is -2.05. The first-order valence-electron chi connectivity index (χ1n) is 5.51. The average Bonchev–Trinajstić information content (AvgIpc) is 2.33. The van der Waals surface area contributed by atoms with Gasteiger partial charge in [-0.3, -0.25) is 0 Å². The summed E-state index contributed by atoms with van der Waals surface area (Å²) in [5.41, 5.74) is 0.958. The van der Waals surface area contributed by atoms with Crippen LogP contribution in [0.3, 0.4) is 0 Å². The summed E-state index contributed by atoms with van der Waals surface area (Å²) in [7, 11) is 0. The number of hydrogen-bond donors (Lipinski definition) is 0. The zero-order valence-electron chi connectivity index (χ0n) is 10.0. The molecule has 2 aromatic rings. The van der Waals surface area contributed by atoms with E-state index in [0.717, 1.165) is 5.75 Å². The summed E-state index contributed by atoms with van der Waals surface area (Å²) in [5, 5.41) is 0. The van der Waals surface area contributed by atoms with Crippen molar-refractivity contribution in [2.45, 2.75) is 20.0 Å². The number of halogens is 2. The summed E-state index contributed by atoms with van der Waals surface area (Å²) >= 11 is 3.04. The highest BCUT2D eigenvalue weighted by Gasteiger charge is 2.11. The molecule has 0 N–H and O–H groups in total. The molecule has 18 heavy (non-hydrogen) atoms. The van der Waals surface area contributed by atoms with E-state index in [1.807, 2.05) is 13.8 Å². The summed E-state index contributed by atoms with van der Waals surface area (Å²) in [6, 6.07) is 7.14. The summed E-state index contributed by atoms with van der Waals surface area (Å²) in [5.74, 6) is 0.289. The topological polar surface area (TPSA) is 35.0 Å². The Kier molecular flexibility index (Phi) is 3.91. The van der Waals surface area contributed by atoms with Crippen LogP contribution in [0.25, 0.3) is 11.3 Å². The van der Waals surface area contributed by atoms with Crippen LogP contribution in [0.1, 0.15) is 13.8 Å². The van der Waals surface area contributed by atoms with Gasteiger partial charge in [0.05, 0.1) is 6.10 Å². The molecule has 0 saturated heterocycles. The van der Waals surface area contributed by atoms with Gasteiger partial charge in [0, 0.05) is 5.56 Å². The van der Waals surface area contributed by atoms with Gasteiger partial charge in [-0.1, -0.05) is 0 Å². The fraction of sp³-hybridized carbons (Fsp3) is 0.231. The van der Waals surface area contributed by atoms with E-state index < -0.39 is 5.82 Å². The highest BCUT2D eigenvalue weighted by Crippen LogP contribution is 2.26. The Labute approximate surface area is 113 Å². The number of benzene rings is 1. The maximum Gasteiger partial charge on any atom is 0.182 e. The third kappa shape index (κ3) is 2.85. The van der Waals surface area contributed by atoms with E-state index in [1.54, 1.807) is 24.3 Å². The van der Waals surface area contributed by atoms with Crippen LogP contribution in [0.15, 0.2) is 35.2 Å². The molecule has 0 amide bonds. The molecule has 0 aliphatic heterocycles. The molecule has 1 aromatic carbocycles. The molecule has 0 unspecified atom stereocenters. The van der Waals surface area contributed by atoms with Crippen LogP contribution in [-0.4, -0.2) is 16.1 Å². The minimum Gasteiger partial charge on any atom is -0.491 e. The van der Waals surface area contributed by atoms with Gasteiger partial charge in [-0.2, -0.15) is 0 Å². The molecule has 5 heteroatoms. The molecule has 1 aromatic heterocycles. The van der Waals surface area contributed by atoms with Crippen molar-refractivity contribution in [2.75, 3.05) is 0 Å². The molecule has 0 aliphatic carbocycles. The maximum atomic E-state index is 13.8. The van der Waals surface area contributed by atoms with Gasteiger partial charge in [-0.25, -0.2) is 14.4 Å². The van der Waals surface area contributed by atoms with Crippen LogP contribution in [0.5, 0.6) is 5.75 Å². The van der Waals surface area contributed by atoms with Crippen molar-refractivity contribution in [2.24, 2.45) is 0 Å². The lowest BCUT2D eigenvalue weighted by molar-refractivity contribution is 0.242. The molecule has 1 heterocycles. The average molecular weight is 311 g/mol. The van der Waals surface area contributed by atoms with Crippen LogP contribution in [0, 0.1) is 5.82 Å². The SMILES string of the molecule is CC(C)Oc1ccc(-c2ncnc(Br)c2F)cc1. The summed E-state index contributed by atoms with van der Waals surface area (Å²) in [6.07, 6.45) is 1.43. The van der Waals surface area contributed by atoms with E-state index in [0.29, 0.717) is 5.56 Å². The van der Waals surface area contributed by atoms with E-state index in [2.05, 4.69) is 25.9 Å². The van der Waals surface area contributed by atoms with Gasteiger partial charge in [-0.05, 0) is 54.0 Å². The summed E-state index contributed by atoms with van der Waals surface area (Å²) < 4.78 is 19.5. The smallest absolute Gasteiger partial charge is 0.182 e. The van der Waals surface area contributed by atoms with E-state index in [1.165, 1.54) is 6.33 Å². The third-order valence-corrected chi connectivity index (χ3v) is 2.80. The molecule has 0 radical (unpaired) electrons. The van der Waals surface area contributed by atoms with E-state index in [-0.39, 0.29) is 16.4 Å². The summed E-state index contributed by atoms with van der Waals surface area (Å²) in [6.45, 7) is 3.91. The Morgan fingerprint density at radius 3 is 2.44 bits per heavy atom. The molecule has 0 saturated carbocycles. The second kappa shape index (κ2) is 5.44. The monoisotopic (exact) mass is 310 g/mol. The van der Waals surface area contributed by atoms with Crippen molar-refractivity contribution >= 4 is 15.9 Å². The second-order valence-electron chi connectivity index (χ2n) is 4.02. The van der Waals surface area contributed by atoms with Crippen molar-refractivity contribution in [3.8, 4) is 17.0 Å². The van der Waals surface area contributed by atoms with E-state index >= 15 is 0 Å². The molecular weight excluding hydrogens is 299 g/mol. The van der Waals surface area contributed by atoms with Crippen LogP contribution >= 0.6 is 15.9 Å². The summed E-state index contributed by atoms with van der Waals surface area (Å²) in [4.78, 5) is 7.67. The Balaban J connectivity index is 2.32. The largest absolute Gasteiger partial charge is 0.491 e. The predicted molar refractivity (Wildman–Crippen MR) is 70.9 cm³/mol. The second-order valence-corrected chi connectivity index (χ2v) is 4.77. The van der Waals surface area contributed by atoms with Crippen LogP contribution in [0.4, 0.5) is 4.39 Å². The number of aromatic nitrogens is 2. The van der Waals surface area contributed by atoms with Crippen LogP contribution in [0.2, 0.25) is 0 Å². The molecular formula is C13H12BrFN2O. The highest BCUT2D eigenvalue weighted by molar-refractivity contribution is 9.10. The lowest BCUT2D eigenvalue weighted by Gasteiger charge is -2.10. The number of rotatable bonds is 3. The normalized spacial score (nSPS) is 10.7. The van der Waals surface area contributed by atoms with Crippen molar-refractivity contribution in [1.82, 2.24) is 9.97 Å². The third-order valence-electron chi connectivity index (χ3n) is 2.25. The molecule has 3 nitrogen and oxygen atoms in total. The molecule has 0 atom stereocenters. The Morgan fingerprint density at radius 1 is 1.17 bits per heavy atom. The van der Waals surface area contributed by atoms with Crippen molar-refractivity contribution < 1.29 is 9.13 Å². The Bertz CT molecular complexity index is 543. The maximum absolute atomic E-state index is 13.8. The minimum atomic E-state index is -0.463. The molecule has 94 valence electrons. The standard InChI is InChI=1S/C13H12BrFN2O/c1-8(2)18-10-5-3-9(4-6-10)12-11(15)13(14)17-7-16-12/h3-8H,1-2H3. The van der Waals surface area contributed by atoms with Crippen molar-refractivity contribution in [1.29, 1.82) is 0 Å². The quantitative estimate of drug-likeness (QED) is 0.808. The number of ether oxygens (including phenoxy) is 1. The first kappa shape index (κ1) is 13.0. The van der Waals surface area contributed by atoms with Gasteiger partial charge >= 0.3 is 0 Å². The number of hydrogen-bond acceptors (Lipinski definition) is 3. The van der Waals surface area contributed by atoms with Gasteiger partial charge in [0.15, 0.2) is 5.82 Å². The van der Waals surface area contributed by atoms with Crippen molar-refractivity contribution in [3.05, 3.63) is 41.0 Å². The molecule has 0 fully saturated rings. The fourth-order valence-electron chi connectivity index (χ4n) is 1.51. The first-order valence-corrected chi connectivity index (χ1v) is 6.30. The lowest BCUT2D eigenvalue weighted by atomic mass is 10.1. The highest BCUT2D eigenvalue weighted by atomic mass is 79.9. The van der Waals surface area contributed by atoms with Crippen LogP contribution < -0.4 is 4.74 Å². The van der Waals surface area contributed by atoms with Crippen LogP contribution in [-0.2, 0) is 0 Å². The zero-order valence-corrected chi connectivity index (χ0v) is 11.6. The van der Waals surface area contributed by atoms with Gasteiger partial charge in [-0.15, -0.1) is 0 Å². The predicted octanol–water partition coefficient (Wildman–Crippen LogP) is 3.83. The fourth-order valence-corrected chi connectivity index (χ4v) is 1.79. The van der Waals surface area contributed by atoms with Gasteiger partial charge in [0.25, 0.3) is 0 Å². The minimum absolute atomic E-state index is 0.112. The zero-order chi connectivity index (χ0) is 13.1. The van der Waals surface area contributed by atoms with E-state index in [4.69, 9.17) is 4.74 Å². The first-order chi connectivity index (χ1) is 8.58. The molecule has 0 aliphatic rings. The molecule has 0 spiro atoms. The van der Waals surface area contributed by atoms with Gasteiger partial charge in [0.1, 0.15) is 22.4 Å². The van der Waals surface area contributed by atoms with Gasteiger partial charge in [0.2, 0.25) is 0 Å². The Morgan fingerprint density at radius 2 is 1.83 bits per heavy atom. The van der Waals surface area contributed by atoms with E-state index in [9.17, 15) is 4.39 Å². The Hall–Kier alpha value is -1.49. The molecule has 2 rings (SSSR count). The van der Waals surface area contributed by atoms with Crippen molar-refractivity contribution in [3.63, 3.8) is 0 Å². The number of nitrogens with zero attached hydrogens (tertiary/aromatic N) is 2. The van der Waals surface area contributed by atoms with Gasteiger partial charge < -0.3 is 4.74 Å².